The lowest BCUT2D eigenvalue weighted by Crippen LogP contribution is -2.34. The lowest BCUT2D eigenvalue weighted by molar-refractivity contribution is 0.339. The lowest BCUT2D eigenvalue weighted by atomic mass is 9.96. The van der Waals surface area contributed by atoms with Gasteiger partial charge in [0.05, 0.1) is 4.90 Å². The number of rotatable bonds is 3. The second-order valence-electron chi connectivity index (χ2n) is 4.85. The van der Waals surface area contributed by atoms with Gasteiger partial charge in [0.15, 0.2) is 0 Å². The highest BCUT2D eigenvalue weighted by molar-refractivity contribution is 7.90. The van der Waals surface area contributed by atoms with E-state index in [2.05, 4.69) is 0 Å². The van der Waals surface area contributed by atoms with Crippen molar-refractivity contribution in [3.8, 4) is 0 Å². The molecule has 2 rings (SSSR count). The van der Waals surface area contributed by atoms with E-state index in [0.717, 1.165) is 35.1 Å². The molecule has 1 saturated carbocycles. The Hall–Kier alpha value is -0.580. The molecule has 0 amide bonds. The van der Waals surface area contributed by atoms with Gasteiger partial charge in [-0.3, -0.25) is 0 Å². The van der Waals surface area contributed by atoms with Crippen LogP contribution < -0.4 is 0 Å². The van der Waals surface area contributed by atoms with E-state index in [9.17, 15) is 8.42 Å². The third-order valence-corrected chi connectivity index (χ3v) is 5.86. The predicted octanol–water partition coefficient (Wildman–Crippen LogP) is 3.47. The first-order chi connectivity index (χ1) is 8.51. The van der Waals surface area contributed by atoms with Crippen molar-refractivity contribution >= 4 is 21.8 Å². The van der Waals surface area contributed by atoms with E-state index in [1.54, 1.807) is 24.3 Å². The van der Waals surface area contributed by atoms with Crippen LogP contribution in [0.2, 0.25) is 0 Å². The normalized spacial score (nSPS) is 18.2. The van der Waals surface area contributed by atoms with E-state index in [1.165, 1.54) is 6.42 Å². The number of nitrogens with zero attached hydrogens (tertiary/aromatic N) is 1. The summed E-state index contributed by atoms with van der Waals surface area (Å²) < 4.78 is 25.7. The second kappa shape index (κ2) is 5.59. The largest absolute Gasteiger partial charge is 0.256 e. The van der Waals surface area contributed by atoms with Crippen molar-refractivity contribution in [2.45, 2.75) is 50.0 Å². The van der Waals surface area contributed by atoms with Crippen LogP contribution >= 0.6 is 11.8 Å². The Balaban J connectivity index is 2.21. The summed E-state index contributed by atoms with van der Waals surface area (Å²) in [4.78, 5) is 0.272. The van der Waals surface area contributed by atoms with Gasteiger partial charge in [0.2, 0.25) is 0 Å². The molecule has 1 aromatic carbocycles. The molecule has 0 spiro atoms. The average molecular weight is 288 g/mol. The van der Waals surface area contributed by atoms with Crippen LogP contribution in [0.15, 0.2) is 29.2 Å². The van der Waals surface area contributed by atoms with E-state index in [1.807, 2.05) is 6.92 Å². The molecule has 1 aromatic rings. The summed E-state index contributed by atoms with van der Waals surface area (Å²) in [7, 11) is -3.56. The van der Waals surface area contributed by atoms with Crippen molar-refractivity contribution in [2.75, 3.05) is 0 Å². The zero-order valence-corrected chi connectivity index (χ0v) is 12.0. The van der Waals surface area contributed by atoms with Gasteiger partial charge in [-0.05, 0) is 43.7 Å². The average Bonchev–Trinajstić information content (AvgIpc) is 2.39. The maximum atomic E-state index is 12.3. The zero-order valence-electron chi connectivity index (χ0n) is 10.5. The summed E-state index contributed by atoms with van der Waals surface area (Å²) in [5.74, 6) is 0. The third kappa shape index (κ3) is 2.87. The number of halogens is 1. The van der Waals surface area contributed by atoms with Gasteiger partial charge in [0.25, 0.3) is 10.0 Å². The minimum absolute atomic E-state index is 0.0632. The molecule has 0 bridgehead atoms. The van der Waals surface area contributed by atoms with Gasteiger partial charge >= 0.3 is 0 Å². The predicted molar refractivity (Wildman–Crippen MR) is 72.9 cm³/mol. The van der Waals surface area contributed by atoms with Crippen LogP contribution in [-0.2, 0) is 10.0 Å². The molecule has 0 saturated heterocycles. The summed E-state index contributed by atoms with van der Waals surface area (Å²) in [5, 5.41) is 0. The maximum absolute atomic E-state index is 12.3. The molecular weight excluding hydrogens is 270 g/mol. The minimum Gasteiger partial charge on any atom is -0.206 e. The van der Waals surface area contributed by atoms with Crippen molar-refractivity contribution in [3.63, 3.8) is 0 Å². The Labute approximate surface area is 114 Å². The fourth-order valence-corrected chi connectivity index (χ4v) is 4.01. The summed E-state index contributed by atoms with van der Waals surface area (Å²) in [6.45, 7) is 1.93. The van der Waals surface area contributed by atoms with Crippen LogP contribution in [0.3, 0.4) is 0 Å². The molecule has 3 nitrogen and oxygen atoms in total. The summed E-state index contributed by atoms with van der Waals surface area (Å²) in [6, 6.07) is 6.75. The Kier molecular flexibility index (Phi) is 4.30. The van der Waals surface area contributed by atoms with Gasteiger partial charge in [-0.15, -0.1) is 3.82 Å². The van der Waals surface area contributed by atoms with Crippen LogP contribution in [0.25, 0.3) is 0 Å². The topological polar surface area (TPSA) is 37.4 Å². The van der Waals surface area contributed by atoms with Gasteiger partial charge in [0, 0.05) is 6.04 Å². The molecule has 0 heterocycles. The summed E-state index contributed by atoms with van der Waals surface area (Å²) in [5.41, 5.74) is 1.03. The van der Waals surface area contributed by atoms with Gasteiger partial charge in [-0.1, -0.05) is 37.0 Å². The summed E-state index contributed by atoms with van der Waals surface area (Å²) in [6.07, 6.45) is 4.99. The second-order valence-corrected chi connectivity index (χ2v) is 7.23. The fraction of sp³-hybridized carbons (Fsp3) is 0.538. The number of benzene rings is 1. The van der Waals surface area contributed by atoms with Crippen LogP contribution in [0.1, 0.15) is 37.7 Å². The van der Waals surface area contributed by atoms with Crippen molar-refractivity contribution < 1.29 is 8.42 Å². The monoisotopic (exact) mass is 287 g/mol. The van der Waals surface area contributed by atoms with Gasteiger partial charge < -0.3 is 0 Å². The smallest absolute Gasteiger partial charge is 0.206 e. The molecule has 0 radical (unpaired) electrons. The highest BCUT2D eigenvalue weighted by atomic mass is 35.5. The molecule has 0 aromatic heterocycles. The van der Waals surface area contributed by atoms with E-state index in [4.69, 9.17) is 11.8 Å². The molecular formula is C13H18ClNO2S. The van der Waals surface area contributed by atoms with Crippen molar-refractivity contribution in [2.24, 2.45) is 0 Å². The Morgan fingerprint density at radius 1 is 1.11 bits per heavy atom. The number of hydrogen-bond donors (Lipinski definition) is 0. The van der Waals surface area contributed by atoms with E-state index in [-0.39, 0.29) is 10.9 Å². The third-order valence-electron chi connectivity index (χ3n) is 3.41. The molecule has 1 aliphatic rings. The zero-order chi connectivity index (χ0) is 13.2. The molecule has 0 unspecified atom stereocenters. The molecule has 18 heavy (non-hydrogen) atoms. The SMILES string of the molecule is Cc1ccc(S(=O)(=O)N(Cl)C2CCCCC2)cc1. The number of aryl methyl sites for hydroxylation is 1. The van der Waals surface area contributed by atoms with Gasteiger partial charge in [0.1, 0.15) is 0 Å². The highest BCUT2D eigenvalue weighted by Crippen LogP contribution is 2.29. The van der Waals surface area contributed by atoms with E-state index < -0.39 is 10.0 Å². The first kappa shape index (κ1) is 13.8. The van der Waals surface area contributed by atoms with Crippen LogP contribution in [-0.4, -0.2) is 18.3 Å². The lowest BCUT2D eigenvalue weighted by Gasteiger charge is -2.27. The Morgan fingerprint density at radius 2 is 1.67 bits per heavy atom. The molecule has 5 heteroatoms. The van der Waals surface area contributed by atoms with E-state index >= 15 is 0 Å². The number of sulfonamides is 1. The summed E-state index contributed by atoms with van der Waals surface area (Å²) >= 11 is 6.07. The molecule has 0 atom stereocenters. The molecule has 100 valence electrons. The van der Waals surface area contributed by atoms with E-state index in [0.29, 0.717) is 0 Å². The molecule has 1 aliphatic carbocycles. The number of hydrogen-bond acceptors (Lipinski definition) is 2. The quantitative estimate of drug-likeness (QED) is 0.798. The standard InChI is InChI=1S/C13H18ClNO2S/c1-11-7-9-13(10-8-11)18(16,17)15(14)12-5-3-2-4-6-12/h7-10,12H,2-6H2,1H3. The van der Waals surface area contributed by atoms with Crippen molar-refractivity contribution in [1.29, 1.82) is 0 Å². The van der Waals surface area contributed by atoms with Crippen LogP contribution in [0.4, 0.5) is 0 Å². The molecule has 0 N–H and O–H groups in total. The Bertz CT molecular complexity index is 492. The first-order valence-corrected chi connectivity index (χ1v) is 8.06. The van der Waals surface area contributed by atoms with Crippen molar-refractivity contribution in [1.82, 2.24) is 3.82 Å². The molecule has 1 fully saturated rings. The molecule has 0 aliphatic heterocycles. The van der Waals surface area contributed by atoms with Crippen LogP contribution in [0, 0.1) is 6.92 Å². The van der Waals surface area contributed by atoms with Crippen LogP contribution in [0.5, 0.6) is 0 Å². The minimum atomic E-state index is -3.56. The van der Waals surface area contributed by atoms with Gasteiger partial charge in [-0.2, -0.15) is 0 Å². The van der Waals surface area contributed by atoms with Crippen molar-refractivity contribution in [3.05, 3.63) is 29.8 Å². The van der Waals surface area contributed by atoms with Gasteiger partial charge in [-0.25, -0.2) is 8.42 Å². The highest BCUT2D eigenvalue weighted by Gasteiger charge is 2.30. The first-order valence-electron chi connectivity index (χ1n) is 6.29. The maximum Gasteiger partial charge on any atom is 0.256 e. The Morgan fingerprint density at radius 3 is 2.22 bits per heavy atom. The fourth-order valence-electron chi connectivity index (χ4n) is 2.29.